The number of halogens is 1. The monoisotopic (exact) mass is 418 g/mol. The number of fused-ring (bicyclic) bond motifs is 1. The highest BCUT2D eigenvalue weighted by Gasteiger charge is 2.31. The van der Waals surface area contributed by atoms with Crippen LogP contribution in [0.3, 0.4) is 0 Å². The maximum Gasteiger partial charge on any atom is 0.205 e. The number of rotatable bonds is 5. The van der Waals surface area contributed by atoms with E-state index in [0.717, 1.165) is 5.56 Å². The highest BCUT2D eigenvalue weighted by Crippen LogP contribution is 2.45. The van der Waals surface area contributed by atoms with Crippen molar-refractivity contribution in [1.29, 1.82) is 5.26 Å². The number of ether oxygens (including phenoxy) is 3. The fourth-order valence-electron chi connectivity index (χ4n) is 3.56. The van der Waals surface area contributed by atoms with Crippen LogP contribution in [0.25, 0.3) is 0 Å². The fraction of sp³-hybridized carbons (Fsp3) is 0.125. The van der Waals surface area contributed by atoms with E-state index in [0.29, 0.717) is 28.4 Å². The van der Waals surface area contributed by atoms with Crippen LogP contribution in [0, 0.1) is 17.1 Å². The summed E-state index contributed by atoms with van der Waals surface area (Å²) in [5, 5.41) is 19.5. The minimum absolute atomic E-state index is 0.0176. The Labute approximate surface area is 178 Å². The number of benzene rings is 3. The maximum absolute atomic E-state index is 13.4. The molecular weight excluding hydrogens is 399 g/mol. The molecular formula is C24H19FN2O4. The molecule has 3 N–H and O–H groups in total. The Morgan fingerprint density at radius 2 is 1.97 bits per heavy atom. The zero-order valence-corrected chi connectivity index (χ0v) is 16.6. The van der Waals surface area contributed by atoms with Crippen LogP contribution in [0.1, 0.15) is 22.6 Å². The van der Waals surface area contributed by atoms with Crippen LogP contribution in [-0.2, 0) is 6.61 Å². The van der Waals surface area contributed by atoms with Crippen molar-refractivity contribution in [2.75, 3.05) is 7.11 Å². The molecule has 0 saturated carbocycles. The van der Waals surface area contributed by atoms with Crippen molar-refractivity contribution < 1.29 is 23.7 Å². The zero-order chi connectivity index (χ0) is 22.0. The molecule has 7 heteroatoms. The number of phenolic OH excluding ortho intramolecular Hbond substituents is 1. The van der Waals surface area contributed by atoms with Gasteiger partial charge in [0.1, 0.15) is 35.6 Å². The lowest BCUT2D eigenvalue weighted by Crippen LogP contribution is -2.21. The summed E-state index contributed by atoms with van der Waals surface area (Å²) in [6, 6.07) is 18.3. The number of methoxy groups -OCH3 is 1. The van der Waals surface area contributed by atoms with E-state index >= 15 is 0 Å². The Morgan fingerprint density at radius 1 is 1.13 bits per heavy atom. The molecule has 1 heterocycles. The minimum Gasteiger partial charge on any atom is -0.508 e. The number of hydrogen-bond acceptors (Lipinski definition) is 6. The Hall–Kier alpha value is -4.18. The van der Waals surface area contributed by atoms with Crippen LogP contribution < -0.4 is 19.9 Å². The third-order valence-corrected chi connectivity index (χ3v) is 5.01. The molecule has 0 aliphatic carbocycles. The first kappa shape index (κ1) is 20.1. The molecule has 4 rings (SSSR count). The van der Waals surface area contributed by atoms with Crippen LogP contribution in [0.15, 0.2) is 72.1 Å². The second-order valence-corrected chi connectivity index (χ2v) is 6.98. The van der Waals surface area contributed by atoms with E-state index in [1.807, 2.05) is 0 Å². The lowest BCUT2D eigenvalue weighted by atomic mass is 9.83. The van der Waals surface area contributed by atoms with Crippen molar-refractivity contribution in [3.05, 3.63) is 94.6 Å². The summed E-state index contributed by atoms with van der Waals surface area (Å²) in [4.78, 5) is 0. The fourth-order valence-corrected chi connectivity index (χ4v) is 3.56. The summed E-state index contributed by atoms with van der Waals surface area (Å²) in [6.07, 6.45) is 0. The van der Waals surface area contributed by atoms with Crippen LogP contribution in [-0.4, -0.2) is 12.2 Å². The van der Waals surface area contributed by atoms with Crippen molar-refractivity contribution in [3.8, 4) is 29.1 Å². The molecule has 156 valence electrons. The smallest absolute Gasteiger partial charge is 0.205 e. The SMILES string of the molecule is COc1cc([C@H]2C(C#N)=C(N)Oc3cc(O)ccc32)ccc1OCc1cccc(F)c1. The molecule has 0 radical (unpaired) electrons. The maximum atomic E-state index is 13.4. The topological polar surface area (TPSA) is 97.7 Å². The van der Waals surface area contributed by atoms with E-state index in [-0.39, 0.29) is 29.6 Å². The summed E-state index contributed by atoms with van der Waals surface area (Å²) in [7, 11) is 1.51. The van der Waals surface area contributed by atoms with Gasteiger partial charge in [-0.05, 0) is 41.5 Å². The van der Waals surface area contributed by atoms with E-state index in [9.17, 15) is 14.8 Å². The molecule has 0 unspecified atom stereocenters. The normalized spacial score (nSPS) is 14.9. The third-order valence-electron chi connectivity index (χ3n) is 5.01. The molecule has 0 bridgehead atoms. The first-order chi connectivity index (χ1) is 15.0. The zero-order valence-electron chi connectivity index (χ0n) is 16.6. The first-order valence-corrected chi connectivity index (χ1v) is 9.46. The van der Waals surface area contributed by atoms with Crippen molar-refractivity contribution in [3.63, 3.8) is 0 Å². The van der Waals surface area contributed by atoms with E-state index in [2.05, 4.69) is 6.07 Å². The van der Waals surface area contributed by atoms with E-state index < -0.39 is 5.92 Å². The number of allylic oxidation sites excluding steroid dienone is 1. The van der Waals surface area contributed by atoms with Crippen LogP contribution in [0.2, 0.25) is 0 Å². The summed E-state index contributed by atoms with van der Waals surface area (Å²) < 4.78 is 30.2. The Kier molecular flexibility index (Phi) is 5.37. The quantitative estimate of drug-likeness (QED) is 0.640. The molecule has 1 atom stereocenters. The lowest BCUT2D eigenvalue weighted by Gasteiger charge is -2.27. The molecule has 3 aromatic carbocycles. The van der Waals surface area contributed by atoms with Crippen LogP contribution in [0.4, 0.5) is 4.39 Å². The number of aromatic hydroxyl groups is 1. The number of nitriles is 1. The molecule has 0 spiro atoms. The second-order valence-electron chi connectivity index (χ2n) is 6.98. The number of nitrogens with zero attached hydrogens (tertiary/aromatic N) is 1. The largest absolute Gasteiger partial charge is 0.508 e. The molecule has 0 amide bonds. The minimum atomic E-state index is -0.500. The Morgan fingerprint density at radius 3 is 2.71 bits per heavy atom. The highest BCUT2D eigenvalue weighted by molar-refractivity contribution is 5.58. The van der Waals surface area contributed by atoms with Gasteiger partial charge in [-0.2, -0.15) is 5.26 Å². The third kappa shape index (κ3) is 3.96. The summed E-state index contributed by atoms with van der Waals surface area (Å²) in [5.74, 6) is 0.495. The molecule has 3 aromatic rings. The lowest BCUT2D eigenvalue weighted by molar-refractivity contribution is 0.284. The average Bonchev–Trinajstić information content (AvgIpc) is 2.76. The van der Waals surface area contributed by atoms with Gasteiger partial charge < -0.3 is 25.1 Å². The van der Waals surface area contributed by atoms with E-state index in [1.165, 1.54) is 31.4 Å². The standard InChI is InChI=1S/C24H19FN2O4/c1-29-22-10-15(5-8-20(22)30-13-14-3-2-4-16(25)9-14)23-18-7-6-17(28)11-21(18)31-24(27)19(23)12-26/h2-11,23,28H,13,27H2,1H3/t23-/m1/s1. The van der Waals surface area contributed by atoms with Crippen molar-refractivity contribution in [2.24, 2.45) is 5.73 Å². The first-order valence-electron chi connectivity index (χ1n) is 9.46. The predicted octanol–water partition coefficient (Wildman–Crippen LogP) is 4.34. The van der Waals surface area contributed by atoms with E-state index in [1.54, 1.807) is 36.4 Å². The van der Waals surface area contributed by atoms with Gasteiger partial charge in [-0.3, -0.25) is 0 Å². The number of hydrogen-bond donors (Lipinski definition) is 2. The van der Waals surface area contributed by atoms with Crippen molar-refractivity contribution in [2.45, 2.75) is 12.5 Å². The van der Waals surface area contributed by atoms with Gasteiger partial charge in [-0.15, -0.1) is 0 Å². The molecule has 0 aromatic heterocycles. The van der Waals surface area contributed by atoms with Gasteiger partial charge >= 0.3 is 0 Å². The van der Waals surface area contributed by atoms with Gasteiger partial charge in [-0.25, -0.2) is 4.39 Å². The molecule has 1 aliphatic rings. The summed E-state index contributed by atoms with van der Waals surface area (Å²) >= 11 is 0. The molecule has 31 heavy (non-hydrogen) atoms. The number of nitrogens with two attached hydrogens (primary N) is 1. The van der Waals surface area contributed by atoms with Gasteiger partial charge in [0.2, 0.25) is 5.88 Å². The average molecular weight is 418 g/mol. The molecule has 0 fully saturated rings. The predicted molar refractivity (Wildman–Crippen MR) is 111 cm³/mol. The van der Waals surface area contributed by atoms with Crippen molar-refractivity contribution >= 4 is 0 Å². The van der Waals surface area contributed by atoms with Gasteiger partial charge in [0.25, 0.3) is 0 Å². The summed E-state index contributed by atoms with van der Waals surface area (Å²) in [6.45, 7) is 0.170. The van der Waals surface area contributed by atoms with Gasteiger partial charge in [0.05, 0.1) is 13.0 Å². The van der Waals surface area contributed by atoms with Crippen LogP contribution in [0.5, 0.6) is 23.0 Å². The van der Waals surface area contributed by atoms with E-state index in [4.69, 9.17) is 19.9 Å². The molecule has 0 saturated heterocycles. The van der Waals surface area contributed by atoms with Crippen molar-refractivity contribution in [1.82, 2.24) is 0 Å². The van der Waals surface area contributed by atoms with Gasteiger partial charge in [0, 0.05) is 11.6 Å². The Balaban J connectivity index is 1.69. The highest BCUT2D eigenvalue weighted by atomic mass is 19.1. The molecule has 6 nitrogen and oxygen atoms in total. The second kappa shape index (κ2) is 8.28. The molecule has 1 aliphatic heterocycles. The summed E-state index contributed by atoms with van der Waals surface area (Å²) in [5.41, 5.74) is 8.35. The number of phenols is 1. The van der Waals surface area contributed by atoms with Gasteiger partial charge in [-0.1, -0.05) is 24.3 Å². The Bertz CT molecular complexity index is 1220. The van der Waals surface area contributed by atoms with Gasteiger partial charge in [0.15, 0.2) is 11.5 Å². The van der Waals surface area contributed by atoms with Crippen LogP contribution >= 0.6 is 0 Å².